The molecule has 6 rings (SSSR count). The number of thioether (sulfide) groups is 2. The maximum atomic E-state index is 12.4. The smallest absolute Gasteiger partial charge is 0.322 e. The summed E-state index contributed by atoms with van der Waals surface area (Å²) in [4.78, 5) is 34.8. The lowest BCUT2D eigenvalue weighted by molar-refractivity contribution is -0.148. The van der Waals surface area contributed by atoms with Crippen molar-refractivity contribution in [2.24, 2.45) is 0 Å². The normalized spacial score (nSPS) is 15.8. The van der Waals surface area contributed by atoms with Crippen LogP contribution in [0.15, 0.2) is 70.7 Å². The van der Waals surface area contributed by atoms with E-state index < -0.39 is 15.5 Å². The number of carboxylic acid groups (broad SMARTS) is 1. The Hall–Kier alpha value is -3.58. The van der Waals surface area contributed by atoms with Crippen molar-refractivity contribution in [1.82, 2.24) is 9.97 Å². The highest BCUT2D eigenvalue weighted by atomic mass is 32.2. The Balaban J connectivity index is 0.000000188. The quantitative estimate of drug-likeness (QED) is 0.0999. The number of hydrogen-bond acceptors (Lipinski definition) is 11. The first-order valence-corrected chi connectivity index (χ1v) is 17.8. The zero-order valence-corrected chi connectivity index (χ0v) is 29.2. The second-order valence-corrected chi connectivity index (χ2v) is 14.4. The topological polar surface area (TPSA) is 126 Å². The fraction of sp³-hybridized carbons (Fsp3) is 0.444. The predicted octanol–water partition coefficient (Wildman–Crippen LogP) is 7.20. The molecule has 0 bridgehead atoms. The predicted molar refractivity (Wildman–Crippen MR) is 187 cm³/mol. The van der Waals surface area contributed by atoms with Crippen LogP contribution in [0.25, 0.3) is 21.8 Å². The Kier molecular flexibility index (Phi) is 12.4. The lowest BCUT2D eigenvalue weighted by Gasteiger charge is -2.38. The van der Waals surface area contributed by atoms with Crippen molar-refractivity contribution in [1.29, 1.82) is 0 Å². The minimum atomic E-state index is -0.730. The van der Waals surface area contributed by atoms with E-state index in [1.165, 1.54) is 11.8 Å². The summed E-state index contributed by atoms with van der Waals surface area (Å²) < 4.78 is 25.5. The molecule has 12 heteroatoms. The van der Waals surface area contributed by atoms with Crippen LogP contribution in [0, 0.1) is 0 Å². The summed E-state index contributed by atoms with van der Waals surface area (Å²) in [6, 6.07) is 15.4. The van der Waals surface area contributed by atoms with Gasteiger partial charge in [0, 0.05) is 47.2 Å². The second-order valence-electron chi connectivity index (χ2n) is 11.6. The van der Waals surface area contributed by atoms with Crippen LogP contribution in [0.4, 0.5) is 0 Å². The van der Waals surface area contributed by atoms with E-state index in [0.29, 0.717) is 45.9 Å². The van der Waals surface area contributed by atoms with E-state index >= 15 is 0 Å². The molecule has 0 unspecified atom stereocenters. The summed E-state index contributed by atoms with van der Waals surface area (Å²) in [5, 5.41) is 11.5. The number of nitrogens with zero attached hydrogens (tertiary/aromatic N) is 2. The number of benzene rings is 2. The van der Waals surface area contributed by atoms with Crippen LogP contribution in [0.5, 0.6) is 11.5 Å². The number of carbonyl (C=O) groups is 2. The molecular weight excluding hydrogens is 653 g/mol. The Morgan fingerprint density at radius 1 is 0.729 bits per heavy atom. The number of fused-ring (bicyclic) bond motifs is 2. The molecule has 48 heavy (non-hydrogen) atoms. The molecule has 0 atom stereocenters. The Morgan fingerprint density at radius 2 is 1.21 bits per heavy atom. The van der Waals surface area contributed by atoms with Gasteiger partial charge in [0.2, 0.25) is 0 Å². The van der Waals surface area contributed by atoms with Crippen molar-refractivity contribution < 1.29 is 38.4 Å². The second kappa shape index (κ2) is 16.7. The molecule has 0 aliphatic heterocycles. The minimum absolute atomic E-state index is 0.108. The lowest BCUT2D eigenvalue weighted by Crippen LogP contribution is -2.43. The molecule has 0 radical (unpaired) electrons. The van der Waals surface area contributed by atoms with Crippen LogP contribution < -0.4 is 9.47 Å². The number of aliphatic carboxylic acids is 1. The summed E-state index contributed by atoms with van der Waals surface area (Å²) in [5.74, 6) is 0.676. The number of methoxy groups -OCH3 is 2. The standard InChI is InChI=1S/C19H23NO4S.C17H19NO4S/c1-3-23-18(21)19(8-4-9-19)25-17-7-10-20-16-6-5-14(13-15(16)17)24-12-11-22-2;1-21-9-10-22-12-3-4-14-13(11-12)15(5-8-18-14)23-17(16(19)20)6-2-7-17/h5-7,10,13H,3-4,8-9,11-12H2,1-2H3;3-5,8,11H,2,6-7,9-10H2,1H3,(H,19,20). The number of ether oxygens (including phenoxy) is 5. The zero-order valence-electron chi connectivity index (χ0n) is 27.6. The van der Waals surface area contributed by atoms with Crippen molar-refractivity contribution in [3.63, 3.8) is 0 Å². The van der Waals surface area contributed by atoms with Gasteiger partial charge in [-0.2, -0.15) is 0 Å². The Morgan fingerprint density at radius 3 is 1.60 bits per heavy atom. The van der Waals surface area contributed by atoms with Gasteiger partial charge in [0.05, 0.1) is 30.9 Å². The molecule has 10 nitrogen and oxygen atoms in total. The van der Waals surface area contributed by atoms with Crippen molar-refractivity contribution in [3.05, 3.63) is 60.9 Å². The van der Waals surface area contributed by atoms with Gasteiger partial charge in [-0.25, -0.2) is 0 Å². The molecule has 256 valence electrons. The van der Waals surface area contributed by atoms with Crippen LogP contribution in [-0.4, -0.2) is 83.8 Å². The first-order valence-electron chi connectivity index (χ1n) is 16.1. The average molecular weight is 695 g/mol. The van der Waals surface area contributed by atoms with Gasteiger partial charge in [-0.3, -0.25) is 19.6 Å². The molecule has 4 aromatic rings. The lowest BCUT2D eigenvalue weighted by atomic mass is 9.84. The van der Waals surface area contributed by atoms with Gasteiger partial charge in [-0.1, -0.05) is 0 Å². The highest BCUT2D eigenvalue weighted by molar-refractivity contribution is 8.02. The third kappa shape index (κ3) is 8.34. The number of hydrogen-bond donors (Lipinski definition) is 1. The maximum Gasteiger partial charge on any atom is 0.322 e. The van der Waals surface area contributed by atoms with Crippen molar-refractivity contribution in [2.45, 2.75) is 64.7 Å². The van der Waals surface area contributed by atoms with E-state index in [0.717, 1.165) is 68.8 Å². The molecule has 2 saturated carbocycles. The molecule has 0 amide bonds. The number of carbonyl (C=O) groups excluding carboxylic acids is 1. The maximum absolute atomic E-state index is 12.4. The van der Waals surface area contributed by atoms with E-state index in [2.05, 4.69) is 9.97 Å². The van der Waals surface area contributed by atoms with Gasteiger partial charge < -0.3 is 28.8 Å². The molecule has 0 saturated heterocycles. The number of aromatic nitrogens is 2. The number of esters is 1. The monoisotopic (exact) mass is 694 g/mol. The largest absolute Gasteiger partial charge is 0.491 e. The van der Waals surface area contributed by atoms with Crippen molar-refractivity contribution in [3.8, 4) is 11.5 Å². The third-order valence-corrected chi connectivity index (χ3v) is 11.5. The van der Waals surface area contributed by atoms with E-state index in [-0.39, 0.29) is 5.97 Å². The third-order valence-electron chi connectivity index (χ3n) is 8.43. The average Bonchev–Trinajstić information content (AvgIpc) is 3.05. The minimum Gasteiger partial charge on any atom is -0.491 e. The molecule has 2 heterocycles. The summed E-state index contributed by atoms with van der Waals surface area (Å²) >= 11 is 3.03. The zero-order chi connectivity index (χ0) is 34.0. The molecule has 2 aliphatic carbocycles. The first-order chi connectivity index (χ1) is 23.3. The SMILES string of the molecule is CCOC(=O)C1(Sc2ccnc3ccc(OCCOC)cc23)CCC1.COCCOc1ccc2nccc(SC3(C(=O)O)CCC3)c2c1. The van der Waals surface area contributed by atoms with Gasteiger partial charge >= 0.3 is 11.9 Å². The summed E-state index contributed by atoms with van der Waals surface area (Å²) in [6.07, 6.45) is 8.66. The summed E-state index contributed by atoms with van der Waals surface area (Å²) in [5.41, 5.74) is 1.73. The highest BCUT2D eigenvalue weighted by Gasteiger charge is 2.47. The fourth-order valence-corrected chi connectivity index (χ4v) is 8.29. The van der Waals surface area contributed by atoms with Crippen LogP contribution >= 0.6 is 23.5 Å². The van der Waals surface area contributed by atoms with E-state index in [4.69, 9.17) is 23.7 Å². The fourth-order valence-electron chi connectivity index (χ4n) is 5.43. The van der Waals surface area contributed by atoms with Gasteiger partial charge in [-0.15, -0.1) is 23.5 Å². The summed E-state index contributed by atoms with van der Waals surface area (Å²) in [7, 11) is 3.28. The Bertz CT molecular complexity index is 1710. The molecule has 1 N–H and O–H groups in total. The van der Waals surface area contributed by atoms with Gasteiger partial charge in [0.25, 0.3) is 0 Å². The molecule has 2 aromatic carbocycles. The van der Waals surface area contributed by atoms with Crippen molar-refractivity contribution >= 4 is 57.3 Å². The van der Waals surface area contributed by atoms with E-state index in [1.807, 2.05) is 55.5 Å². The van der Waals surface area contributed by atoms with E-state index in [1.54, 1.807) is 38.4 Å². The number of carboxylic acids is 1. The molecule has 0 spiro atoms. The molecule has 2 aromatic heterocycles. The Labute approximate surface area is 289 Å². The number of rotatable bonds is 15. The van der Waals surface area contributed by atoms with Crippen LogP contribution in [0.1, 0.15) is 45.4 Å². The van der Waals surface area contributed by atoms with Gasteiger partial charge in [-0.05, 0) is 94.0 Å². The van der Waals surface area contributed by atoms with Crippen LogP contribution in [-0.2, 0) is 23.8 Å². The van der Waals surface area contributed by atoms with E-state index in [9.17, 15) is 14.7 Å². The van der Waals surface area contributed by atoms with Crippen molar-refractivity contribution in [2.75, 3.05) is 47.3 Å². The van der Waals surface area contributed by atoms with Gasteiger partial charge in [0.1, 0.15) is 34.2 Å². The first kappa shape index (κ1) is 35.7. The van der Waals surface area contributed by atoms with Crippen LogP contribution in [0.3, 0.4) is 0 Å². The van der Waals surface area contributed by atoms with Gasteiger partial charge in [0.15, 0.2) is 0 Å². The highest BCUT2D eigenvalue weighted by Crippen LogP contribution is 2.51. The van der Waals surface area contributed by atoms with Crippen LogP contribution in [0.2, 0.25) is 0 Å². The molecule has 2 aliphatic rings. The number of pyridine rings is 2. The summed E-state index contributed by atoms with van der Waals surface area (Å²) in [6.45, 7) is 4.30. The molecule has 2 fully saturated rings. The molecular formula is C36H42N2O8S2.